The second-order valence-electron chi connectivity index (χ2n) is 4.96. The van der Waals surface area contributed by atoms with Crippen LogP contribution in [0.5, 0.6) is 5.75 Å². The first-order valence-electron chi connectivity index (χ1n) is 6.78. The van der Waals surface area contributed by atoms with E-state index in [-0.39, 0.29) is 21.2 Å². The number of carbonyl (C=O) groups excluding carboxylic acids is 1. The number of nitrogens with one attached hydrogen (secondary N) is 1. The first kappa shape index (κ1) is 17.3. The van der Waals surface area contributed by atoms with Gasteiger partial charge in [0.15, 0.2) is 5.78 Å². The fourth-order valence-corrected chi connectivity index (χ4v) is 2.33. The second kappa shape index (κ2) is 9.21. The average Bonchev–Trinajstić information content (AvgIpc) is 2.42. The molecule has 1 unspecified atom stereocenters. The zero-order valence-corrected chi connectivity index (χ0v) is 14.0. The van der Waals surface area contributed by atoms with E-state index in [1.165, 1.54) is 0 Å². The average molecular weight is 313 g/mol. The monoisotopic (exact) mass is 313 g/mol. The highest BCUT2D eigenvalue weighted by molar-refractivity contribution is 8.28. The predicted octanol–water partition coefficient (Wildman–Crippen LogP) is 2.55. The van der Waals surface area contributed by atoms with E-state index in [0.717, 1.165) is 30.2 Å². The lowest BCUT2D eigenvalue weighted by atomic mass is 10.0. The van der Waals surface area contributed by atoms with Crippen molar-refractivity contribution in [2.45, 2.75) is 20.3 Å². The Morgan fingerprint density at radius 2 is 2.00 bits per heavy atom. The van der Waals surface area contributed by atoms with Crippen molar-refractivity contribution in [2.24, 2.45) is 5.92 Å². The molecule has 112 valence electrons. The van der Waals surface area contributed by atoms with Crippen molar-refractivity contribution in [3.63, 3.8) is 0 Å². The molecule has 0 spiro atoms. The molecule has 0 aliphatic carbocycles. The Hall–Kier alpha value is -0.780. The van der Waals surface area contributed by atoms with Gasteiger partial charge in [-0.05, 0) is 43.5 Å². The number of carbonyl (C=O) groups is 1. The summed E-state index contributed by atoms with van der Waals surface area (Å²) in [5, 5.41) is 3.29. The van der Waals surface area contributed by atoms with Gasteiger partial charge in [0.1, 0.15) is 5.75 Å². The van der Waals surface area contributed by atoms with E-state index in [4.69, 9.17) is 15.9 Å². The minimum Gasteiger partial charge on any atom is -0.494 e. The van der Waals surface area contributed by atoms with Crippen molar-refractivity contribution >= 4 is 26.4 Å². The van der Waals surface area contributed by atoms with E-state index in [2.05, 4.69) is 5.32 Å². The van der Waals surface area contributed by atoms with Gasteiger partial charge in [0.25, 0.3) is 0 Å². The Bertz CT molecular complexity index is 444. The lowest BCUT2D eigenvalue weighted by molar-refractivity contribution is 0.0939. The molecule has 0 saturated heterocycles. The lowest BCUT2D eigenvalue weighted by Crippen LogP contribution is -2.20. The minimum atomic E-state index is 0.0281. The van der Waals surface area contributed by atoms with Crippen molar-refractivity contribution in [1.82, 2.24) is 5.32 Å². The van der Waals surface area contributed by atoms with Gasteiger partial charge in [0.05, 0.1) is 6.61 Å². The third kappa shape index (κ3) is 6.59. The molecule has 0 aliphatic heterocycles. The summed E-state index contributed by atoms with van der Waals surface area (Å²) >= 11 is 5.09. The maximum Gasteiger partial charge on any atom is 0.165 e. The number of hydrogen-bond donors (Lipinski definition) is 1. The van der Waals surface area contributed by atoms with E-state index in [0.29, 0.717) is 6.61 Å². The van der Waals surface area contributed by atoms with Crippen LogP contribution in [0.25, 0.3) is 0 Å². The number of hydrogen-bond acceptors (Lipinski definition) is 4. The van der Waals surface area contributed by atoms with Crippen LogP contribution in [0.1, 0.15) is 30.6 Å². The van der Waals surface area contributed by atoms with Crippen molar-refractivity contribution in [2.75, 3.05) is 25.3 Å². The molecule has 0 aliphatic rings. The molecule has 1 N–H and O–H groups in total. The SMILES string of the molecule is CC(C)C(=O)c1ccc(OCCCNCS(C)=S)cc1. The molecule has 3 nitrogen and oxygen atoms in total. The van der Waals surface area contributed by atoms with Crippen LogP contribution < -0.4 is 10.1 Å². The molecule has 5 heteroatoms. The summed E-state index contributed by atoms with van der Waals surface area (Å²) in [6, 6.07) is 7.37. The van der Waals surface area contributed by atoms with Gasteiger partial charge in [-0.3, -0.25) is 4.79 Å². The summed E-state index contributed by atoms with van der Waals surface area (Å²) in [6.07, 6.45) is 2.98. The van der Waals surface area contributed by atoms with E-state index in [9.17, 15) is 4.79 Å². The molecular weight excluding hydrogens is 290 g/mol. The van der Waals surface area contributed by atoms with Gasteiger partial charge < -0.3 is 10.1 Å². The molecular formula is C15H23NO2S2. The smallest absolute Gasteiger partial charge is 0.165 e. The molecule has 1 aromatic carbocycles. The fourth-order valence-electron chi connectivity index (χ4n) is 1.65. The number of ether oxygens (including phenoxy) is 1. The molecule has 0 aromatic heterocycles. The molecule has 0 saturated carbocycles. The van der Waals surface area contributed by atoms with Crippen LogP contribution in [0, 0.1) is 5.92 Å². The number of rotatable bonds is 9. The first-order valence-corrected chi connectivity index (χ1v) is 9.51. The number of Topliss-reactive ketones (excluding diaryl/α,β-unsaturated/α-hetero) is 1. The third-order valence-electron chi connectivity index (χ3n) is 2.74. The highest BCUT2D eigenvalue weighted by Gasteiger charge is 2.09. The van der Waals surface area contributed by atoms with Crippen molar-refractivity contribution in [3.8, 4) is 5.75 Å². The van der Waals surface area contributed by atoms with E-state index >= 15 is 0 Å². The first-order chi connectivity index (χ1) is 9.50. The molecule has 1 atom stereocenters. The van der Waals surface area contributed by atoms with Crippen molar-refractivity contribution < 1.29 is 9.53 Å². The Labute approximate surface area is 128 Å². The van der Waals surface area contributed by atoms with E-state index in [1.54, 1.807) is 0 Å². The molecule has 1 aromatic rings. The van der Waals surface area contributed by atoms with Crippen molar-refractivity contribution in [3.05, 3.63) is 29.8 Å². The summed E-state index contributed by atoms with van der Waals surface area (Å²) in [5.74, 6) is 1.89. The van der Waals surface area contributed by atoms with Crippen LogP contribution >= 0.6 is 0 Å². The van der Waals surface area contributed by atoms with Gasteiger partial charge in [-0.2, -0.15) is 0 Å². The van der Waals surface area contributed by atoms with Gasteiger partial charge in [-0.25, -0.2) is 0 Å². The molecule has 0 amide bonds. The Kier molecular flexibility index (Phi) is 7.95. The third-order valence-corrected chi connectivity index (χ3v) is 3.70. The minimum absolute atomic E-state index is 0.0281. The van der Waals surface area contributed by atoms with Gasteiger partial charge >= 0.3 is 0 Å². The summed E-state index contributed by atoms with van der Waals surface area (Å²) in [5.41, 5.74) is 0.745. The molecule has 0 heterocycles. The van der Waals surface area contributed by atoms with Crippen LogP contribution in [0.15, 0.2) is 24.3 Å². The fraction of sp³-hybridized carbons (Fsp3) is 0.533. The molecule has 1 rings (SSSR count). The zero-order valence-electron chi connectivity index (χ0n) is 12.3. The Morgan fingerprint density at radius 3 is 2.55 bits per heavy atom. The van der Waals surface area contributed by atoms with Crippen molar-refractivity contribution in [1.29, 1.82) is 0 Å². The Balaban J connectivity index is 2.28. The molecule has 0 radical (unpaired) electrons. The normalized spacial score (nSPS) is 12.4. The van der Waals surface area contributed by atoms with Gasteiger partial charge in [0, 0.05) is 17.4 Å². The van der Waals surface area contributed by atoms with Crippen LogP contribution in [0.3, 0.4) is 0 Å². The highest BCUT2D eigenvalue weighted by atomic mass is 32.8. The molecule has 0 bridgehead atoms. The van der Waals surface area contributed by atoms with Crippen LogP contribution in [-0.2, 0) is 20.6 Å². The predicted molar refractivity (Wildman–Crippen MR) is 89.2 cm³/mol. The Morgan fingerprint density at radius 1 is 1.35 bits per heavy atom. The van der Waals surface area contributed by atoms with Gasteiger partial charge in [-0.1, -0.05) is 25.0 Å². The number of ketones is 1. The highest BCUT2D eigenvalue weighted by Crippen LogP contribution is 2.15. The topological polar surface area (TPSA) is 38.3 Å². The molecule has 20 heavy (non-hydrogen) atoms. The van der Waals surface area contributed by atoms with E-state index < -0.39 is 0 Å². The maximum atomic E-state index is 11.8. The number of benzene rings is 1. The van der Waals surface area contributed by atoms with Gasteiger partial charge in [-0.15, -0.1) is 9.45 Å². The summed E-state index contributed by atoms with van der Waals surface area (Å²) < 4.78 is 5.63. The van der Waals surface area contributed by atoms with Gasteiger partial charge in [0.2, 0.25) is 0 Å². The summed E-state index contributed by atoms with van der Waals surface area (Å²) in [7, 11) is 0.0313. The summed E-state index contributed by atoms with van der Waals surface area (Å²) in [4.78, 5) is 11.8. The standard InChI is InChI=1S/C15H23NO2S2/c1-12(2)15(17)13-5-7-14(8-6-13)18-10-4-9-16-11-20(3)19/h5-8,12,16H,4,9-11H2,1-3H3. The maximum absolute atomic E-state index is 11.8. The largest absolute Gasteiger partial charge is 0.494 e. The van der Waals surface area contributed by atoms with Crippen LogP contribution in [0.2, 0.25) is 0 Å². The van der Waals surface area contributed by atoms with E-state index in [1.807, 2.05) is 44.4 Å². The molecule has 0 fully saturated rings. The van der Waals surface area contributed by atoms with Crippen LogP contribution in [0.4, 0.5) is 0 Å². The quantitative estimate of drug-likeness (QED) is 0.562. The lowest BCUT2D eigenvalue weighted by Gasteiger charge is -2.08. The second-order valence-corrected chi connectivity index (χ2v) is 8.11. The zero-order chi connectivity index (χ0) is 15.0. The van der Waals surface area contributed by atoms with Crippen LogP contribution in [-0.4, -0.2) is 31.1 Å². The summed E-state index contributed by atoms with van der Waals surface area (Å²) in [6.45, 7) is 5.39.